The number of aliphatic hydroxyl groups is 1. The normalized spacial score (nSPS) is 20.3. The summed E-state index contributed by atoms with van der Waals surface area (Å²) >= 11 is 9.46. The quantitative estimate of drug-likeness (QED) is 0.0958. The molecule has 15 nitrogen and oxygen atoms in total. The fraction of sp³-hybridized carbons (Fsp3) is 0.358. The number of thiazole rings is 1. The second-order valence-electron chi connectivity index (χ2n) is 19.2. The highest BCUT2D eigenvalue weighted by Gasteiger charge is 2.43. The third-order valence-corrected chi connectivity index (χ3v) is 16.0. The van der Waals surface area contributed by atoms with Gasteiger partial charge in [0, 0.05) is 59.8 Å². The number of likely N-dealkylation sites (tertiary alicyclic amines) is 1. The molecule has 6 heterocycles. The highest BCUT2D eigenvalue weighted by Crippen LogP contribution is 2.39. The van der Waals surface area contributed by atoms with Gasteiger partial charge >= 0.3 is 0 Å². The monoisotopic (exact) mass is 1010 g/mol. The Morgan fingerprint density at radius 3 is 2.41 bits per heavy atom. The Bertz CT molecular complexity index is 3130. The number of thiophene rings is 1. The van der Waals surface area contributed by atoms with Gasteiger partial charge in [-0.3, -0.25) is 28.6 Å². The van der Waals surface area contributed by atoms with E-state index in [0.717, 1.165) is 66.1 Å². The van der Waals surface area contributed by atoms with Crippen molar-refractivity contribution in [2.75, 3.05) is 6.54 Å². The fourth-order valence-corrected chi connectivity index (χ4v) is 11.9. The second kappa shape index (κ2) is 19.9. The molecule has 5 atom stereocenters. The van der Waals surface area contributed by atoms with Crippen molar-refractivity contribution in [2.24, 2.45) is 10.9 Å². The molecule has 2 aliphatic heterocycles. The molecule has 0 radical (unpaired) electrons. The molecule has 1 saturated carbocycles. The maximum absolute atomic E-state index is 14.4. The van der Waals surface area contributed by atoms with Crippen LogP contribution in [0.3, 0.4) is 0 Å². The number of carbonyl (C=O) groups excluding carboxylic acids is 3. The molecule has 3 aliphatic rings. The van der Waals surface area contributed by atoms with Gasteiger partial charge in [-0.2, -0.15) is 5.10 Å². The maximum Gasteiger partial charge on any atom is 0.248 e. The Morgan fingerprint density at radius 1 is 0.915 bits per heavy atom. The molecule has 18 heteroatoms. The van der Waals surface area contributed by atoms with Gasteiger partial charge in [-0.05, 0) is 85.5 Å². The molecule has 2 fully saturated rings. The van der Waals surface area contributed by atoms with Crippen molar-refractivity contribution in [2.45, 2.75) is 110 Å². The number of halogens is 1. The zero-order chi connectivity index (χ0) is 49.7. The first-order chi connectivity index (χ1) is 34.2. The van der Waals surface area contributed by atoms with E-state index in [1.807, 2.05) is 124 Å². The Morgan fingerprint density at radius 2 is 1.68 bits per heavy atom. The number of benzene rings is 3. The van der Waals surface area contributed by atoms with Gasteiger partial charge < -0.3 is 25.4 Å². The fourth-order valence-electron chi connectivity index (χ4n) is 9.87. The minimum Gasteiger partial charge on any atom is -0.490 e. The van der Waals surface area contributed by atoms with Crippen molar-refractivity contribution in [3.63, 3.8) is 0 Å². The zero-order valence-electron chi connectivity index (χ0n) is 40.2. The lowest BCUT2D eigenvalue weighted by molar-refractivity contribution is -0.142. The first-order valence-electron chi connectivity index (χ1n) is 23.9. The van der Waals surface area contributed by atoms with Gasteiger partial charge in [0.05, 0.1) is 46.6 Å². The predicted molar refractivity (Wildman–Crippen MR) is 275 cm³/mol. The minimum atomic E-state index is -0.833. The first-order valence-corrected chi connectivity index (χ1v) is 26.1. The van der Waals surface area contributed by atoms with Crippen molar-refractivity contribution in [3.05, 3.63) is 141 Å². The number of fused-ring (bicyclic) bond motifs is 3. The van der Waals surface area contributed by atoms with E-state index in [0.29, 0.717) is 29.4 Å². The summed E-state index contributed by atoms with van der Waals surface area (Å²) in [5, 5.41) is 34.4. The van der Waals surface area contributed by atoms with Gasteiger partial charge in [0.15, 0.2) is 5.82 Å². The van der Waals surface area contributed by atoms with Crippen molar-refractivity contribution >= 4 is 57.7 Å². The third-order valence-electron chi connectivity index (χ3n) is 13.7. The summed E-state index contributed by atoms with van der Waals surface area (Å²) < 4.78 is 10.1. The molecule has 366 valence electrons. The standard InChI is InChI=1S/C53H55ClN10O5S2/c1-28(2)48(52(68)62-25-40(65)21-44(62)51(67)57-30(4)33-10-12-35(13-11-33)49-31(5)55-27-71-49)63-24-37(23-56-63)36-8-7-9-41(18-36)69-42-19-39(20-42)58-45(66)22-43-50-61-60-32(6)64(50)53-46(29(3)26-70-53)47(59-43)34-14-16-38(54)17-15-34/h7-18,23-24,26-28,30,39-40,42-44,48,65H,19-22,25H2,1-6H3,(H,57,67)(H,58,66)/t30-,39?,40+,42?,43-,44-,48-/m0/s1. The van der Waals surface area contributed by atoms with Gasteiger partial charge in [0.1, 0.15) is 40.8 Å². The number of aryl methyl sites for hydroxylation is 3. The number of nitrogens with zero attached hydrogens (tertiary/aromatic N) is 8. The smallest absolute Gasteiger partial charge is 0.248 e. The first kappa shape index (κ1) is 48.1. The van der Waals surface area contributed by atoms with E-state index in [1.165, 1.54) is 4.90 Å². The summed E-state index contributed by atoms with van der Waals surface area (Å²) in [6.45, 7) is 11.8. The van der Waals surface area contributed by atoms with Gasteiger partial charge in [-0.25, -0.2) is 4.98 Å². The number of β-amino-alcohol motifs (C(OH)–C–C–N with tert-alkyl or cyclic N) is 1. The molecule has 3 N–H and O–H groups in total. The van der Waals surface area contributed by atoms with Crippen molar-refractivity contribution in [3.8, 4) is 32.3 Å². The van der Waals surface area contributed by atoms with E-state index < -0.39 is 24.2 Å². The van der Waals surface area contributed by atoms with Crippen LogP contribution in [0.4, 0.5) is 0 Å². The van der Waals surface area contributed by atoms with Crippen molar-refractivity contribution < 1.29 is 24.2 Å². The molecule has 0 unspecified atom stereocenters. The average Bonchev–Trinajstić information content (AvgIpc) is 4.19. The highest BCUT2D eigenvalue weighted by molar-refractivity contribution is 7.13. The number of aliphatic imine (C=N–C) groups is 1. The van der Waals surface area contributed by atoms with Crippen LogP contribution in [0, 0.1) is 26.7 Å². The minimum absolute atomic E-state index is 0.0532. The van der Waals surface area contributed by atoms with Crippen LogP contribution < -0.4 is 15.4 Å². The average molecular weight is 1010 g/mol. The lowest BCUT2D eigenvalue weighted by Gasteiger charge is -2.36. The number of nitrogens with one attached hydrogen (secondary N) is 2. The second-order valence-corrected chi connectivity index (χ2v) is 21.3. The van der Waals surface area contributed by atoms with Crippen molar-refractivity contribution in [1.29, 1.82) is 0 Å². The van der Waals surface area contributed by atoms with Crippen molar-refractivity contribution in [1.82, 2.24) is 45.1 Å². The number of aliphatic hydroxyl groups excluding tert-OH is 1. The maximum atomic E-state index is 14.4. The van der Waals surface area contributed by atoms with Crippen LogP contribution in [0.5, 0.6) is 5.75 Å². The van der Waals surface area contributed by atoms with Crippen LogP contribution in [-0.2, 0) is 14.4 Å². The SMILES string of the molecule is Cc1csc2c1C(c1ccc(Cl)cc1)=N[C@@H](CC(=O)NC1CC(Oc3cccc(-c4cnn([C@H](C(=O)N5C[C@H](O)C[C@H]5C(=O)N[C@@H](C)c5ccc(-c6scnc6C)cc5)C(C)C)c4)c3)C1)c1nnc(C)n1-2. The van der Waals surface area contributed by atoms with Crippen LogP contribution in [0.25, 0.3) is 26.6 Å². The van der Waals surface area contributed by atoms with Crippen LogP contribution in [0.1, 0.15) is 104 Å². The molecule has 1 saturated heterocycles. The van der Waals surface area contributed by atoms with E-state index in [9.17, 15) is 19.5 Å². The molecule has 7 aromatic rings. The van der Waals surface area contributed by atoms with Crippen LogP contribution in [0.15, 0.2) is 101 Å². The molecule has 10 rings (SSSR count). The zero-order valence-corrected chi connectivity index (χ0v) is 42.6. The molecule has 0 bridgehead atoms. The lowest BCUT2D eigenvalue weighted by Crippen LogP contribution is -2.49. The Labute approximate surface area is 425 Å². The third kappa shape index (κ3) is 9.80. The van der Waals surface area contributed by atoms with E-state index in [2.05, 4.69) is 43.2 Å². The molecule has 4 aromatic heterocycles. The number of carbonyl (C=O) groups is 3. The number of ether oxygens (including phenoxy) is 1. The van der Waals surface area contributed by atoms with E-state index >= 15 is 0 Å². The number of amides is 3. The lowest BCUT2D eigenvalue weighted by atomic mass is 9.89. The van der Waals surface area contributed by atoms with Crippen LogP contribution >= 0.6 is 34.3 Å². The van der Waals surface area contributed by atoms with E-state index in [4.69, 9.17) is 21.3 Å². The summed E-state index contributed by atoms with van der Waals surface area (Å²) in [6.07, 6.45) is 4.18. The molecule has 0 spiro atoms. The Kier molecular flexibility index (Phi) is 13.5. The molecular weight excluding hydrogens is 956 g/mol. The molecular formula is C53H55ClN10O5S2. The number of aromatic nitrogens is 6. The summed E-state index contributed by atoms with van der Waals surface area (Å²) in [6, 6.07) is 20.9. The topological polar surface area (TPSA) is 182 Å². The molecule has 3 aromatic carbocycles. The largest absolute Gasteiger partial charge is 0.490 e. The van der Waals surface area contributed by atoms with E-state index in [1.54, 1.807) is 33.6 Å². The number of rotatable bonds is 14. The van der Waals surface area contributed by atoms with Gasteiger partial charge in [0.2, 0.25) is 17.7 Å². The summed E-state index contributed by atoms with van der Waals surface area (Å²) in [5.41, 5.74) is 10.2. The number of hydrogen-bond donors (Lipinski definition) is 3. The number of hydrogen-bond acceptors (Lipinski definition) is 12. The van der Waals surface area contributed by atoms with E-state index in [-0.39, 0.29) is 61.2 Å². The predicted octanol–water partition coefficient (Wildman–Crippen LogP) is 8.94. The van der Waals surface area contributed by atoms with Crippen LogP contribution in [0.2, 0.25) is 5.02 Å². The highest BCUT2D eigenvalue weighted by atomic mass is 35.5. The summed E-state index contributed by atoms with van der Waals surface area (Å²) in [7, 11) is 0. The molecule has 3 amide bonds. The van der Waals surface area contributed by atoms with Crippen LogP contribution in [-0.4, -0.2) is 93.8 Å². The molecule has 1 aliphatic carbocycles. The summed E-state index contributed by atoms with van der Waals surface area (Å²) in [4.78, 5) is 54.2. The summed E-state index contributed by atoms with van der Waals surface area (Å²) in [5.74, 6) is 1.15. The van der Waals surface area contributed by atoms with Gasteiger partial charge in [0.25, 0.3) is 0 Å². The van der Waals surface area contributed by atoms with Gasteiger partial charge in [-0.15, -0.1) is 32.9 Å². The Balaban J connectivity index is 0.759. The molecule has 71 heavy (non-hydrogen) atoms. The van der Waals surface area contributed by atoms with Gasteiger partial charge in [-0.1, -0.05) is 74.0 Å². The Hall–Kier alpha value is -6.53.